The van der Waals surface area contributed by atoms with Crippen LogP contribution in [0.15, 0.2) is 24.4 Å². The van der Waals surface area contributed by atoms with Gasteiger partial charge in [0.25, 0.3) is 0 Å². The first-order valence-electron chi connectivity index (χ1n) is 9.38. The van der Waals surface area contributed by atoms with Gasteiger partial charge in [0.15, 0.2) is 11.5 Å². The number of nitriles is 1. The second kappa shape index (κ2) is 7.51. The van der Waals surface area contributed by atoms with Crippen LogP contribution < -0.4 is 15.4 Å². The van der Waals surface area contributed by atoms with Gasteiger partial charge in [-0.1, -0.05) is 0 Å². The number of carbonyl (C=O) groups is 1. The number of benzene rings is 1. The number of nitrogens with zero attached hydrogens (tertiary/aromatic N) is 5. The molecule has 2 N–H and O–H groups in total. The Kier molecular flexibility index (Phi) is 4.87. The van der Waals surface area contributed by atoms with Gasteiger partial charge in [-0.05, 0) is 32.0 Å². The van der Waals surface area contributed by atoms with Gasteiger partial charge in [0, 0.05) is 24.8 Å². The van der Waals surface area contributed by atoms with E-state index in [0.717, 1.165) is 0 Å². The molecule has 2 aromatic heterocycles. The van der Waals surface area contributed by atoms with Crippen molar-refractivity contribution in [2.75, 3.05) is 23.8 Å². The second-order valence-electron chi connectivity index (χ2n) is 6.87. The molecule has 0 saturated heterocycles. The molecule has 1 aliphatic heterocycles. The number of hydrogen-bond acceptors (Lipinski definition) is 8. The number of rotatable bonds is 1. The number of anilines is 2. The summed E-state index contributed by atoms with van der Waals surface area (Å²) in [5, 5.41) is 13.6. The predicted molar refractivity (Wildman–Crippen MR) is 106 cm³/mol. The molecule has 10 heteroatoms. The third-order valence-electron chi connectivity index (χ3n) is 4.86. The maximum absolute atomic E-state index is 14.3. The molecule has 1 atom stereocenters. The Morgan fingerprint density at radius 3 is 2.93 bits per heavy atom. The minimum absolute atomic E-state index is 0.00765. The Morgan fingerprint density at radius 1 is 1.40 bits per heavy atom. The van der Waals surface area contributed by atoms with Gasteiger partial charge in [-0.3, -0.25) is 0 Å². The number of cyclic esters (lactones) is 1. The van der Waals surface area contributed by atoms with Crippen LogP contribution in [-0.2, 0) is 11.3 Å². The van der Waals surface area contributed by atoms with Gasteiger partial charge in [0.2, 0.25) is 0 Å². The molecule has 0 unspecified atom stereocenters. The summed E-state index contributed by atoms with van der Waals surface area (Å²) in [7, 11) is 0. The molecule has 2 bridgehead atoms. The number of hydrogen-bond donors (Lipinski definition) is 1. The van der Waals surface area contributed by atoms with Crippen molar-refractivity contribution in [2.24, 2.45) is 0 Å². The van der Waals surface area contributed by atoms with E-state index >= 15 is 0 Å². The van der Waals surface area contributed by atoms with E-state index in [2.05, 4.69) is 10.1 Å². The first-order chi connectivity index (χ1) is 14.4. The van der Waals surface area contributed by atoms with Crippen LogP contribution >= 0.6 is 0 Å². The molecule has 154 valence electrons. The first kappa shape index (κ1) is 19.4. The Bertz CT molecular complexity index is 1190. The normalized spacial score (nSPS) is 16.7. The smallest absolute Gasteiger partial charge is 0.346 e. The standard InChI is InChI=1S/C20H19FN6O3/c1-3-26-9-13-12(8-22)14(21)4-5-15(13)30-11(2)10-29-20(28)17-18(23)25-27-7-6-16(26)24-19(17)27/h4-7,11H,3,9-10H2,1-2H3,(H2,23,25)/t11-/m0/s1. The van der Waals surface area contributed by atoms with Gasteiger partial charge in [0.1, 0.15) is 41.7 Å². The van der Waals surface area contributed by atoms with Gasteiger partial charge in [-0.25, -0.2) is 18.7 Å². The lowest BCUT2D eigenvalue weighted by atomic mass is 10.1. The fourth-order valence-electron chi connectivity index (χ4n) is 3.36. The largest absolute Gasteiger partial charge is 0.487 e. The number of aromatic nitrogens is 3. The summed E-state index contributed by atoms with van der Waals surface area (Å²) in [6, 6.07) is 6.28. The van der Waals surface area contributed by atoms with Crippen LogP contribution in [0.5, 0.6) is 5.75 Å². The molecular weight excluding hydrogens is 391 g/mol. The zero-order valence-electron chi connectivity index (χ0n) is 16.4. The molecule has 1 aromatic carbocycles. The summed E-state index contributed by atoms with van der Waals surface area (Å²) in [6.07, 6.45) is 1.08. The van der Waals surface area contributed by atoms with Crippen molar-refractivity contribution in [3.05, 3.63) is 46.9 Å². The predicted octanol–water partition coefficient (Wildman–Crippen LogP) is 2.29. The number of nitrogens with two attached hydrogens (primary N) is 1. The van der Waals surface area contributed by atoms with E-state index in [1.807, 2.05) is 17.9 Å². The van der Waals surface area contributed by atoms with Crippen molar-refractivity contribution in [1.29, 1.82) is 5.26 Å². The minimum atomic E-state index is -0.665. The van der Waals surface area contributed by atoms with Crippen molar-refractivity contribution in [3.63, 3.8) is 0 Å². The zero-order chi connectivity index (χ0) is 21.4. The summed E-state index contributed by atoms with van der Waals surface area (Å²) in [6.45, 7) is 4.21. The summed E-state index contributed by atoms with van der Waals surface area (Å²) in [4.78, 5) is 19.0. The Balaban J connectivity index is 1.92. The highest BCUT2D eigenvalue weighted by atomic mass is 19.1. The van der Waals surface area contributed by atoms with Gasteiger partial charge < -0.3 is 20.1 Å². The molecule has 30 heavy (non-hydrogen) atoms. The van der Waals surface area contributed by atoms with Crippen LogP contribution in [0.3, 0.4) is 0 Å². The number of nitrogen functional groups attached to an aromatic ring is 1. The molecule has 3 heterocycles. The highest BCUT2D eigenvalue weighted by Crippen LogP contribution is 2.30. The molecule has 0 radical (unpaired) electrons. The zero-order valence-corrected chi connectivity index (χ0v) is 16.4. The maximum Gasteiger partial charge on any atom is 0.346 e. The quantitative estimate of drug-likeness (QED) is 0.607. The van der Waals surface area contributed by atoms with Crippen LogP contribution in [0.2, 0.25) is 0 Å². The number of fused-ring (bicyclic) bond motifs is 2. The summed E-state index contributed by atoms with van der Waals surface area (Å²) in [5.74, 6) is -0.438. The van der Waals surface area contributed by atoms with E-state index in [1.54, 1.807) is 19.2 Å². The SMILES string of the molecule is CCN1Cc2c(ccc(F)c2C#N)O[C@@H](C)COC(=O)c2c(N)nn3ccc1nc23. The Morgan fingerprint density at radius 2 is 2.20 bits per heavy atom. The molecule has 0 amide bonds. The van der Waals surface area contributed by atoms with E-state index in [-0.39, 0.29) is 35.7 Å². The maximum atomic E-state index is 14.3. The van der Waals surface area contributed by atoms with Gasteiger partial charge in [-0.15, -0.1) is 5.10 Å². The number of esters is 1. The highest BCUT2D eigenvalue weighted by molar-refractivity contribution is 6.00. The molecule has 4 rings (SSSR count). The molecule has 9 nitrogen and oxygen atoms in total. The molecule has 1 aliphatic rings. The van der Waals surface area contributed by atoms with Crippen LogP contribution in [0.1, 0.15) is 35.3 Å². The molecular formula is C20H19FN6O3. The molecule has 0 fully saturated rings. The average Bonchev–Trinajstić information content (AvgIpc) is 3.06. The van der Waals surface area contributed by atoms with Gasteiger partial charge in [0.05, 0.1) is 5.56 Å². The fraction of sp³-hybridized carbons (Fsp3) is 0.300. The van der Waals surface area contributed by atoms with Crippen LogP contribution in [0.4, 0.5) is 16.0 Å². The monoisotopic (exact) mass is 410 g/mol. The van der Waals surface area contributed by atoms with Crippen LogP contribution in [0.25, 0.3) is 5.65 Å². The van der Waals surface area contributed by atoms with E-state index in [1.165, 1.54) is 16.6 Å². The third kappa shape index (κ3) is 3.24. The fourth-order valence-corrected chi connectivity index (χ4v) is 3.36. The van der Waals surface area contributed by atoms with Crippen molar-refractivity contribution >= 4 is 23.3 Å². The van der Waals surface area contributed by atoms with E-state index in [4.69, 9.17) is 15.2 Å². The second-order valence-corrected chi connectivity index (χ2v) is 6.87. The first-order valence-corrected chi connectivity index (χ1v) is 9.38. The molecule has 3 aromatic rings. The van der Waals surface area contributed by atoms with Crippen molar-refractivity contribution in [3.8, 4) is 11.8 Å². The van der Waals surface area contributed by atoms with Crippen LogP contribution in [0, 0.1) is 17.1 Å². The molecule has 0 aliphatic carbocycles. The van der Waals surface area contributed by atoms with Crippen molar-refractivity contribution in [1.82, 2.24) is 14.6 Å². The Hall–Kier alpha value is -3.87. The average molecular weight is 410 g/mol. The van der Waals surface area contributed by atoms with Crippen molar-refractivity contribution < 1.29 is 18.7 Å². The lowest BCUT2D eigenvalue weighted by molar-refractivity contribution is 0.0343. The van der Waals surface area contributed by atoms with Crippen molar-refractivity contribution in [2.45, 2.75) is 26.5 Å². The lowest BCUT2D eigenvalue weighted by Crippen LogP contribution is -2.26. The number of carbonyl (C=O) groups excluding carboxylic acids is 1. The third-order valence-corrected chi connectivity index (χ3v) is 4.86. The summed E-state index contributed by atoms with van der Waals surface area (Å²) < 4.78 is 27.0. The lowest BCUT2D eigenvalue weighted by Gasteiger charge is -2.25. The molecule has 0 saturated carbocycles. The Labute approximate surface area is 171 Å². The number of ether oxygens (including phenoxy) is 2. The van der Waals surface area contributed by atoms with Gasteiger partial charge in [-0.2, -0.15) is 5.26 Å². The van der Waals surface area contributed by atoms with Crippen LogP contribution in [-0.4, -0.2) is 39.8 Å². The van der Waals surface area contributed by atoms with E-state index in [0.29, 0.717) is 23.7 Å². The minimum Gasteiger partial charge on any atom is -0.487 e. The summed E-state index contributed by atoms with van der Waals surface area (Å²) >= 11 is 0. The highest BCUT2D eigenvalue weighted by Gasteiger charge is 2.25. The number of halogens is 1. The van der Waals surface area contributed by atoms with Gasteiger partial charge >= 0.3 is 5.97 Å². The van der Waals surface area contributed by atoms with E-state index < -0.39 is 17.9 Å². The topological polar surface area (TPSA) is 119 Å². The summed E-state index contributed by atoms with van der Waals surface area (Å²) in [5.41, 5.74) is 6.54. The van der Waals surface area contributed by atoms with E-state index in [9.17, 15) is 14.4 Å². The molecule has 0 spiro atoms.